The van der Waals surface area contributed by atoms with Crippen LogP contribution in [0.2, 0.25) is 0 Å². The van der Waals surface area contributed by atoms with Crippen LogP contribution in [0.4, 0.5) is 5.69 Å². The van der Waals surface area contributed by atoms with Gasteiger partial charge in [0.25, 0.3) is 0 Å². The van der Waals surface area contributed by atoms with Gasteiger partial charge in [0.05, 0.1) is 20.1 Å². The zero-order valence-corrected chi connectivity index (χ0v) is 14.2. The molecule has 0 radical (unpaired) electrons. The van der Waals surface area contributed by atoms with E-state index in [-0.39, 0.29) is 23.6 Å². The Bertz CT molecular complexity index is 746. The van der Waals surface area contributed by atoms with E-state index in [9.17, 15) is 10.1 Å². The van der Waals surface area contributed by atoms with Gasteiger partial charge < -0.3 is 4.74 Å². The Balaban J connectivity index is 2.31. The van der Waals surface area contributed by atoms with Crippen LogP contribution >= 0.6 is 38.5 Å². The SMILES string of the molecule is N#Cc1cc(I)c(OCc2cncc(Br)c2)c([N+](=O)[O-])c1. The first kappa shape index (κ1) is 15.7. The quantitative estimate of drug-likeness (QED) is 0.394. The number of hydrogen-bond acceptors (Lipinski definition) is 5. The Labute approximate surface area is 142 Å². The first-order valence-electron chi connectivity index (χ1n) is 5.61. The first-order valence-corrected chi connectivity index (χ1v) is 7.48. The fourth-order valence-electron chi connectivity index (χ4n) is 1.61. The molecule has 0 atom stereocenters. The summed E-state index contributed by atoms with van der Waals surface area (Å²) >= 11 is 5.21. The predicted octanol–water partition coefficient (Wildman–Crippen LogP) is 3.81. The summed E-state index contributed by atoms with van der Waals surface area (Å²) in [5, 5.41) is 20.0. The number of aromatic nitrogens is 1. The summed E-state index contributed by atoms with van der Waals surface area (Å²) in [5.74, 6) is 0.152. The van der Waals surface area contributed by atoms with Crippen molar-refractivity contribution in [3.8, 4) is 11.8 Å². The van der Waals surface area contributed by atoms with Gasteiger partial charge in [0.1, 0.15) is 6.61 Å². The summed E-state index contributed by atoms with van der Waals surface area (Å²) in [7, 11) is 0. The fourth-order valence-corrected chi connectivity index (χ4v) is 2.79. The van der Waals surface area contributed by atoms with Gasteiger partial charge in [0, 0.05) is 28.5 Å². The molecule has 0 saturated heterocycles. The van der Waals surface area contributed by atoms with Crippen molar-refractivity contribution in [1.29, 1.82) is 5.26 Å². The summed E-state index contributed by atoms with van der Waals surface area (Å²) in [5.41, 5.74) is 0.780. The highest BCUT2D eigenvalue weighted by atomic mass is 127. The minimum absolute atomic E-state index is 0.148. The summed E-state index contributed by atoms with van der Waals surface area (Å²) in [6.07, 6.45) is 3.25. The molecule has 2 aromatic rings. The molecule has 0 unspecified atom stereocenters. The number of nitro groups is 1. The monoisotopic (exact) mass is 459 g/mol. The van der Waals surface area contributed by atoms with E-state index in [0.717, 1.165) is 10.0 Å². The number of benzene rings is 1. The van der Waals surface area contributed by atoms with Crippen molar-refractivity contribution in [3.05, 3.63) is 59.9 Å². The molecule has 0 aliphatic carbocycles. The van der Waals surface area contributed by atoms with E-state index < -0.39 is 4.92 Å². The second-order valence-electron chi connectivity index (χ2n) is 3.98. The van der Waals surface area contributed by atoms with Crippen LogP contribution in [0.3, 0.4) is 0 Å². The Kier molecular flexibility index (Phi) is 5.08. The van der Waals surface area contributed by atoms with Crippen LogP contribution in [0, 0.1) is 25.0 Å². The van der Waals surface area contributed by atoms with E-state index in [1.54, 1.807) is 18.5 Å². The number of pyridine rings is 1. The summed E-state index contributed by atoms with van der Waals surface area (Å²) in [4.78, 5) is 14.5. The van der Waals surface area contributed by atoms with Crippen LogP contribution in [0.25, 0.3) is 0 Å². The van der Waals surface area contributed by atoms with Crippen molar-refractivity contribution < 1.29 is 9.66 Å². The van der Waals surface area contributed by atoms with Gasteiger partial charge in [-0.05, 0) is 50.7 Å². The average Bonchev–Trinajstić information content (AvgIpc) is 2.45. The van der Waals surface area contributed by atoms with Crippen molar-refractivity contribution in [1.82, 2.24) is 4.98 Å². The highest BCUT2D eigenvalue weighted by Gasteiger charge is 2.20. The van der Waals surface area contributed by atoms with Gasteiger partial charge in [-0.3, -0.25) is 15.1 Å². The van der Waals surface area contributed by atoms with Crippen LogP contribution < -0.4 is 4.74 Å². The van der Waals surface area contributed by atoms with Crippen molar-refractivity contribution >= 4 is 44.2 Å². The number of ether oxygens (including phenoxy) is 1. The fraction of sp³-hybridized carbons (Fsp3) is 0.0769. The maximum absolute atomic E-state index is 11.1. The number of nitriles is 1. The zero-order valence-electron chi connectivity index (χ0n) is 10.4. The van der Waals surface area contributed by atoms with Crippen molar-refractivity contribution in [2.45, 2.75) is 6.61 Å². The highest BCUT2D eigenvalue weighted by Crippen LogP contribution is 2.34. The molecule has 106 valence electrons. The van der Waals surface area contributed by atoms with Crippen LogP contribution in [0.1, 0.15) is 11.1 Å². The number of rotatable bonds is 4. The van der Waals surface area contributed by atoms with E-state index in [2.05, 4.69) is 20.9 Å². The van der Waals surface area contributed by atoms with E-state index in [1.165, 1.54) is 6.07 Å². The Hall–Kier alpha value is -1.73. The smallest absolute Gasteiger partial charge is 0.313 e. The molecule has 2 rings (SSSR count). The Morgan fingerprint density at radius 3 is 2.81 bits per heavy atom. The molecule has 8 heteroatoms. The van der Waals surface area contributed by atoms with Crippen LogP contribution in [-0.2, 0) is 6.61 Å². The van der Waals surface area contributed by atoms with Gasteiger partial charge in [-0.25, -0.2) is 0 Å². The van der Waals surface area contributed by atoms with Gasteiger partial charge in [-0.15, -0.1) is 0 Å². The maximum Gasteiger partial charge on any atom is 0.313 e. The number of hydrogen-bond donors (Lipinski definition) is 0. The normalized spacial score (nSPS) is 9.95. The second kappa shape index (κ2) is 6.82. The van der Waals surface area contributed by atoms with Gasteiger partial charge in [0.15, 0.2) is 0 Å². The molecule has 0 N–H and O–H groups in total. The van der Waals surface area contributed by atoms with Gasteiger partial charge in [-0.2, -0.15) is 5.26 Å². The van der Waals surface area contributed by atoms with Crippen molar-refractivity contribution in [2.24, 2.45) is 0 Å². The molecule has 0 amide bonds. The average molecular weight is 460 g/mol. The van der Waals surface area contributed by atoms with Gasteiger partial charge in [-0.1, -0.05) is 0 Å². The lowest BCUT2D eigenvalue weighted by molar-refractivity contribution is -0.386. The molecular weight excluding hydrogens is 453 g/mol. The molecule has 1 heterocycles. The molecular formula is C13H7BrIN3O3. The molecule has 6 nitrogen and oxygen atoms in total. The highest BCUT2D eigenvalue weighted by molar-refractivity contribution is 14.1. The lowest BCUT2D eigenvalue weighted by atomic mass is 10.2. The number of nitrogens with zero attached hydrogens (tertiary/aromatic N) is 3. The molecule has 0 saturated carbocycles. The molecule has 0 fully saturated rings. The van der Waals surface area contributed by atoms with Crippen molar-refractivity contribution in [2.75, 3.05) is 0 Å². The second-order valence-corrected chi connectivity index (χ2v) is 6.05. The van der Waals surface area contributed by atoms with E-state index >= 15 is 0 Å². The third kappa shape index (κ3) is 3.89. The first-order chi connectivity index (χ1) is 10.0. The largest absolute Gasteiger partial charge is 0.481 e. The molecule has 0 spiro atoms. The lowest BCUT2D eigenvalue weighted by Gasteiger charge is -2.09. The van der Waals surface area contributed by atoms with Crippen LogP contribution in [0.15, 0.2) is 35.1 Å². The van der Waals surface area contributed by atoms with Crippen LogP contribution in [0.5, 0.6) is 5.75 Å². The van der Waals surface area contributed by atoms with Crippen LogP contribution in [-0.4, -0.2) is 9.91 Å². The predicted molar refractivity (Wildman–Crippen MR) is 86.8 cm³/mol. The Morgan fingerprint density at radius 2 is 2.19 bits per heavy atom. The minimum Gasteiger partial charge on any atom is -0.481 e. The summed E-state index contributed by atoms with van der Waals surface area (Å²) < 4.78 is 6.86. The van der Waals surface area contributed by atoms with E-state index in [0.29, 0.717) is 3.57 Å². The van der Waals surface area contributed by atoms with E-state index in [1.807, 2.05) is 34.7 Å². The zero-order chi connectivity index (χ0) is 15.4. The maximum atomic E-state index is 11.1. The molecule has 1 aromatic heterocycles. The Morgan fingerprint density at radius 1 is 1.43 bits per heavy atom. The third-order valence-corrected chi connectivity index (χ3v) is 3.73. The van der Waals surface area contributed by atoms with E-state index in [4.69, 9.17) is 10.00 Å². The molecule has 0 aliphatic rings. The van der Waals surface area contributed by atoms with Crippen molar-refractivity contribution in [3.63, 3.8) is 0 Å². The summed E-state index contributed by atoms with van der Waals surface area (Å²) in [6.45, 7) is 0.148. The number of halogens is 2. The molecule has 0 bridgehead atoms. The molecule has 1 aromatic carbocycles. The standard InChI is InChI=1S/C13H7BrIN3O3/c14-10-1-9(5-17-6-10)7-21-13-11(15)2-8(4-16)3-12(13)18(19)20/h1-3,5-6H,7H2. The van der Waals surface area contributed by atoms with Gasteiger partial charge >= 0.3 is 5.69 Å². The summed E-state index contributed by atoms with van der Waals surface area (Å²) in [6, 6.07) is 6.45. The lowest BCUT2D eigenvalue weighted by Crippen LogP contribution is -2.02. The molecule has 0 aliphatic heterocycles. The molecule has 21 heavy (non-hydrogen) atoms. The minimum atomic E-state index is -0.558. The third-order valence-electron chi connectivity index (χ3n) is 2.49. The topological polar surface area (TPSA) is 89.0 Å². The van der Waals surface area contributed by atoms with Gasteiger partial charge in [0.2, 0.25) is 5.75 Å². The number of nitro benzene ring substituents is 1.